The van der Waals surface area contributed by atoms with E-state index in [4.69, 9.17) is 9.97 Å². The van der Waals surface area contributed by atoms with Gasteiger partial charge in [-0.3, -0.25) is 9.55 Å². The molecule has 46 heavy (non-hydrogen) atoms. The molecule has 0 radical (unpaired) electrons. The van der Waals surface area contributed by atoms with Gasteiger partial charge in [-0.2, -0.15) is 0 Å². The first kappa shape index (κ1) is 26.1. The Labute approximate surface area is 266 Å². The standard InChI is InChI=1S/C41H27N5/c1-4-14-28(15-5-1)34-26-38(44-41(43-34)29-16-6-2-7-17-29)46-35-22-12-10-20-31(35)39-32-24-25-42-27-37(32)45(30-18-8-3-9-19-30)36-23-13-11-21-33(36)40(39)46/h1-27H. The van der Waals surface area contributed by atoms with Gasteiger partial charge in [0.2, 0.25) is 0 Å². The third-order valence-electron chi connectivity index (χ3n) is 8.64. The summed E-state index contributed by atoms with van der Waals surface area (Å²) in [7, 11) is 0. The predicted octanol–water partition coefficient (Wildman–Crippen LogP) is 10.3. The number of pyridine rings is 1. The normalized spacial score (nSPS) is 11.9. The van der Waals surface area contributed by atoms with Crippen LogP contribution < -0.4 is 4.90 Å². The van der Waals surface area contributed by atoms with Crippen molar-refractivity contribution in [3.8, 4) is 50.8 Å². The minimum absolute atomic E-state index is 0.681. The van der Waals surface area contributed by atoms with Crippen LogP contribution in [0.4, 0.5) is 17.1 Å². The van der Waals surface area contributed by atoms with Crippen molar-refractivity contribution in [1.29, 1.82) is 0 Å². The SMILES string of the molecule is c1ccc(-c2cc(-n3c4c(c5ccccc53)-c3ccncc3N(c3ccccc3)c3ccccc3-4)nc(-c3ccccc3)n2)cc1. The average molecular weight is 590 g/mol. The largest absolute Gasteiger partial charge is 0.308 e. The molecule has 0 spiro atoms. The molecule has 0 N–H and O–H groups in total. The van der Waals surface area contributed by atoms with Crippen LogP contribution in [0.25, 0.3) is 61.8 Å². The average Bonchev–Trinajstić information content (AvgIpc) is 3.42. The number of rotatable bonds is 4. The van der Waals surface area contributed by atoms with E-state index >= 15 is 0 Å². The van der Waals surface area contributed by atoms with Gasteiger partial charge in [0.25, 0.3) is 0 Å². The minimum atomic E-state index is 0.681. The van der Waals surface area contributed by atoms with E-state index in [9.17, 15) is 0 Å². The van der Waals surface area contributed by atoms with Crippen LogP contribution in [0.2, 0.25) is 0 Å². The third kappa shape index (κ3) is 4.14. The molecule has 5 aromatic carbocycles. The molecule has 0 amide bonds. The van der Waals surface area contributed by atoms with E-state index in [0.29, 0.717) is 5.82 Å². The van der Waals surface area contributed by atoms with Gasteiger partial charge in [-0.25, -0.2) is 9.97 Å². The molecule has 8 aromatic rings. The summed E-state index contributed by atoms with van der Waals surface area (Å²) in [6.07, 6.45) is 3.87. The van der Waals surface area contributed by atoms with E-state index < -0.39 is 0 Å². The van der Waals surface area contributed by atoms with Crippen LogP contribution in [0, 0.1) is 0 Å². The van der Waals surface area contributed by atoms with Crippen molar-refractivity contribution in [2.24, 2.45) is 0 Å². The van der Waals surface area contributed by atoms with Crippen molar-refractivity contribution in [2.45, 2.75) is 0 Å². The Morgan fingerprint density at radius 3 is 2.00 bits per heavy atom. The lowest BCUT2D eigenvalue weighted by Gasteiger charge is -2.27. The Bertz CT molecular complexity index is 2310. The highest BCUT2D eigenvalue weighted by molar-refractivity contribution is 6.12. The second-order valence-electron chi connectivity index (χ2n) is 11.3. The molecule has 1 aliphatic rings. The number of fused-ring (bicyclic) bond motifs is 7. The van der Waals surface area contributed by atoms with E-state index in [2.05, 4.69) is 142 Å². The fraction of sp³-hybridized carbons (Fsp3) is 0. The van der Waals surface area contributed by atoms with Crippen LogP contribution in [0.15, 0.2) is 164 Å². The molecule has 3 aromatic heterocycles. The van der Waals surface area contributed by atoms with Gasteiger partial charge < -0.3 is 4.90 Å². The van der Waals surface area contributed by atoms with Crippen molar-refractivity contribution in [2.75, 3.05) is 4.90 Å². The van der Waals surface area contributed by atoms with Crippen LogP contribution in [0.5, 0.6) is 0 Å². The molecule has 0 fully saturated rings. The van der Waals surface area contributed by atoms with Crippen LogP contribution >= 0.6 is 0 Å². The Morgan fingerprint density at radius 2 is 1.20 bits per heavy atom. The molecule has 0 saturated carbocycles. The number of aromatic nitrogens is 4. The fourth-order valence-electron chi connectivity index (χ4n) is 6.66. The lowest BCUT2D eigenvalue weighted by Crippen LogP contribution is -2.11. The summed E-state index contributed by atoms with van der Waals surface area (Å²) in [6, 6.07) is 52.6. The van der Waals surface area contributed by atoms with Gasteiger partial charge in [-0.15, -0.1) is 0 Å². The summed E-state index contributed by atoms with van der Waals surface area (Å²) < 4.78 is 2.32. The van der Waals surface area contributed by atoms with Crippen molar-refractivity contribution < 1.29 is 0 Å². The van der Waals surface area contributed by atoms with Gasteiger partial charge >= 0.3 is 0 Å². The second-order valence-corrected chi connectivity index (χ2v) is 11.3. The molecule has 4 heterocycles. The van der Waals surface area contributed by atoms with Gasteiger partial charge in [0.05, 0.1) is 34.5 Å². The number of para-hydroxylation sites is 3. The number of nitrogens with zero attached hydrogens (tertiary/aromatic N) is 5. The van der Waals surface area contributed by atoms with Crippen LogP contribution in [-0.2, 0) is 0 Å². The Hall–Kier alpha value is -6.33. The predicted molar refractivity (Wildman–Crippen MR) is 187 cm³/mol. The molecule has 0 saturated heterocycles. The van der Waals surface area contributed by atoms with Crippen molar-refractivity contribution in [3.63, 3.8) is 0 Å². The molecular weight excluding hydrogens is 562 g/mol. The first-order chi connectivity index (χ1) is 22.8. The highest BCUT2D eigenvalue weighted by Crippen LogP contribution is 2.54. The summed E-state index contributed by atoms with van der Waals surface area (Å²) in [5.41, 5.74) is 11.6. The first-order valence-corrected chi connectivity index (χ1v) is 15.4. The van der Waals surface area contributed by atoms with Crippen molar-refractivity contribution in [1.82, 2.24) is 19.5 Å². The second kappa shape index (κ2) is 10.7. The molecule has 5 heteroatoms. The number of hydrogen-bond donors (Lipinski definition) is 0. The van der Waals surface area contributed by atoms with Gasteiger partial charge in [-0.05, 0) is 30.3 Å². The van der Waals surface area contributed by atoms with Crippen molar-refractivity contribution >= 4 is 28.0 Å². The lowest BCUT2D eigenvalue weighted by atomic mass is 9.99. The molecule has 1 aliphatic heterocycles. The van der Waals surface area contributed by atoms with Crippen LogP contribution in [-0.4, -0.2) is 19.5 Å². The first-order valence-electron chi connectivity index (χ1n) is 15.4. The van der Waals surface area contributed by atoms with E-state index in [0.717, 1.165) is 73.0 Å². The molecule has 5 nitrogen and oxygen atoms in total. The van der Waals surface area contributed by atoms with Gasteiger partial charge in [0.15, 0.2) is 5.82 Å². The Morgan fingerprint density at radius 1 is 0.522 bits per heavy atom. The summed E-state index contributed by atoms with van der Waals surface area (Å²) in [5.74, 6) is 1.49. The molecule has 0 aliphatic carbocycles. The van der Waals surface area contributed by atoms with E-state index in [1.165, 1.54) is 0 Å². The van der Waals surface area contributed by atoms with Crippen LogP contribution in [0.1, 0.15) is 0 Å². The quantitative estimate of drug-likeness (QED) is 0.205. The maximum Gasteiger partial charge on any atom is 0.162 e. The maximum absolute atomic E-state index is 5.29. The molecule has 0 atom stereocenters. The zero-order valence-corrected chi connectivity index (χ0v) is 24.8. The fourth-order valence-corrected chi connectivity index (χ4v) is 6.66. The lowest BCUT2D eigenvalue weighted by molar-refractivity contribution is 1.03. The highest BCUT2D eigenvalue weighted by atomic mass is 15.2. The summed E-state index contributed by atoms with van der Waals surface area (Å²) >= 11 is 0. The van der Waals surface area contributed by atoms with Crippen molar-refractivity contribution in [3.05, 3.63) is 164 Å². The van der Waals surface area contributed by atoms with Crippen LogP contribution in [0.3, 0.4) is 0 Å². The molecule has 216 valence electrons. The molecule has 0 bridgehead atoms. The topological polar surface area (TPSA) is 46.8 Å². The number of anilines is 3. The maximum atomic E-state index is 5.29. The zero-order chi connectivity index (χ0) is 30.5. The highest BCUT2D eigenvalue weighted by Gasteiger charge is 2.32. The monoisotopic (exact) mass is 589 g/mol. The Balaban J connectivity index is 1.42. The summed E-state index contributed by atoms with van der Waals surface area (Å²) in [6.45, 7) is 0. The Kier molecular flexibility index (Phi) is 6.06. The third-order valence-corrected chi connectivity index (χ3v) is 8.64. The van der Waals surface area contributed by atoms with Gasteiger partial charge in [0, 0.05) is 51.2 Å². The van der Waals surface area contributed by atoms with Gasteiger partial charge in [0.1, 0.15) is 5.82 Å². The molecular formula is C41H27N5. The summed E-state index contributed by atoms with van der Waals surface area (Å²) in [5, 5.41) is 1.15. The number of benzene rings is 5. The van der Waals surface area contributed by atoms with E-state index in [1.54, 1.807) is 0 Å². The number of hydrogen-bond acceptors (Lipinski definition) is 4. The smallest absolute Gasteiger partial charge is 0.162 e. The van der Waals surface area contributed by atoms with Gasteiger partial charge in [-0.1, -0.05) is 115 Å². The zero-order valence-electron chi connectivity index (χ0n) is 24.8. The molecule has 0 unspecified atom stereocenters. The minimum Gasteiger partial charge on any atom is -0.308 e. The summed E-state index contributed by atoms with van der Waals surface area (Å²) in [4.78, 5) is 17.3. The van der Waals surface area contributed by atoms with E-state index in [-0.39, 0.29) is 0 Å². The molecule has 9 rings (SSSR count). The van der Waals surface area contributed by atoms with E-state index in [1.807, 2.05) is 36.7 Å².